The van der Waals surface area contributed by atoms with E-state index in [0.717, 1.165) is 6.07 Å². The van der Waals surface area contributed by atoms with Gasteiger partial charge in [-0.3, -0.25) is 15.5 Å². The van der Waals surface area contributed by atoms with Gasteiger partial charge in [-0.15, -0.1) is 0 Å². The Kier molecular flexibility index (Phi) is 7.05. The monoisotopic (exact) mass is 450 g/mol. The van der Waals surface area contributed by atoms with Gasteiger partial charge in [0.2, 0.25) is 10.0 Å². The van der Waals surface area contributed by atoms with Crippen molar-refractivity contribution in [2.24, 2.45) is 5.10 Å². The van der Waals surface area contributed by atoms with Crippen LogP contribution in [0.5, 0.6) is 11.5 Å². The lowest BCUT2D eigenvalue weighted by Gasteiger charge is -2.26. The number of sulfonamides is 1. The van der Waals surface area contributed by atoms with E-state index in [4.69, 9.17) is 14.2 Å². The molecule has 0 unspecified atom stereocenters. The molecule has 3 rings (SSSR count). The van der Waals surface area contributed by atoms with Crippen LogP contribution >= 0.6 is 0 Å². The molecule has 11 nitrogen and oxygen atoms in total. The first-order valence-electron chi connectivity index (χ1n) is 9.25. The maximum absolute atomic E-state index is 12.8. The number of nitro groups is 1. The highest BCUT2D eigenvalue weighted by atomic mass is 32.2. The largest absolute Gasteiger partial charge is 0.493 e. The quantitative estimate of drug-likeness (QED) is 0.367. The molecule has 0 aromatic heterocycles. The molecule has 12 heteroatoms. The summed E-state index contributed by atoms with van der Waals surface area (Å²) >= 11 is 0. The van der Waals surface area contributed by atoms with Crippen LogP contribution in [0, 0.1) is 10.1 Å². The third-order valence-corrected chi connectivity index (χ3v) is 6.49. The minimum Gasteiger partial charge on any atom is -0.493 e. The molecule has 1 aliphatic heterocycles. The number of anilines is 1. The second-order valence-corrected chi connectivity index (χ2v) is 8.34. The number of para-hydroxylation sites is 1. The maximum atomic E-state index is 12.8. The number of hydrogen-bond acceptors (Lipinski definition) is 9. The van der Waals surface area contributed by atoms with Crippen molar-refractivity contribution in [1.82, 2.24) is 4.31 Å². The van der Waals surface area contributed by atoms with Crippen molar-refractivity contribution < 1.29 is 27.6 Å². The standard InChI is InChI=1S/C19H22N4O7S/c1-28-18-5-3-4-14(19(18)29-2)13-20-21-16-7-6-15(12-17(16)23(24)25)31(26,27)22-8-10-30-11-9-22/h3-7,12-13,21H,8-11H2,1-2H3/b20-13+. The van der Waals surface area contributed by atoms with Crippen LogP contribution in [0.3, 0.4) is 0 Å². The van der Waals surface area contributed by atoms with Crippen LogP contribution in [-0.4, -0.2) is 64.4 Å². The minimum atomic E-state index is -3.86. The summed E-state index contributed by atoms with van der Waals surface area (Å²) in [4.78, 5) is 10.7. The summed E-state index contributed by atoms with van der Waals surface area (Å²) in [5.74, 6) is 0.965. The molecule has 1 N–H and O–H groups in total. The lowest BCUT2D eigenvalue weighted by Crippen LogP contribution is -2.40. The average Bonchev–Trinajstić information content (AvgIpc) is 2.79. The molecule has 166 valence electrons. The topological polar surface area (TPSA) is 133 Å². The summed E-state index contributed by atoms with van der Waals surface area (Å²) in [6.07, 6.45) is 1.42. The van der Waals surface area contributed by atoms with Crippen molar-refractivity contribution in [3.63, 3.8) is 0 Å². The van der Waals surface area contributed by atoms with Gasteiger partial charge in [-0.25, -0.2) is 8.42 Å². The van der Waals surface area contributed by atoms with E-state index >= 15 is 0 Å². The van der Waals surface area contributed by atoms with Gasteiger partial charge >= 0.3 is 0 Å². The molecule has 0 atom stereocenters. The third kappa shape index (κ3) is 4.93. The molecular weight excluding hydrogens is 428 g/mol. The Labute approximate surface area is 179 Å². The normalized spacial score (nSPS) is 15.0. The fourth-order valence-corrected chi connectivity index (χ4v) is 4.47. The number of morpholine rings is 1. The summed E-state index contributed by atoms with van der Waals surface area (Å²) in [7, 11) is -0.869. The van der Waals surface area contributed by atoms with E-state index in [1.165, 1.54) is 36.9 Å². The molecule has 31 heavy (non-hydrogen) atoms. The second kappa shape index (κ2) is 9.73. The van der Waals surface area contributed by atoms with Gasteiger partial charge in [-0.05, 0) is 24.3 Å². The SMILES string of the molecule is COc1cccc(/C=N/Nc2ccc(S(=O)(=O)N3CCOCC3)cc2[N+](=O)[O-])c1OC. The Hall–Kier alpha value is -3.22. The molecule has 2 aromatic rings. The molecule has 0 radical (unpaired) electrons. The minimum absolute atomic E-state index is 0.0454. The molecule has 0 bridgehead atoms. The predicted octanol–water partition coefficient (Wildman–Crippen LogP) is 2.08. The number of hydrogen-bond donors (Lipinski definition) is 1. The van der Waals surface area contributed by atoms with E-state index in [9.17, 15) is 18.5 Å². The Morgan fingerprint density at radius 1 is 1.19 bits per heavy atom. The first-order valence-corrected chi connectivity index (χ1v) is 10.7. The Morgan fingerprint density at radius 3 is 2.58 bits per heavy atom. The molecule has 1 fully saturated rings. The van der Waals surface area contributed by atoms with Gasteiger partial charge < -0.3 is 14.2 Å². The number of nitrogens with one attached hydrogen (secondary N) is 1. The number of hydrazone groups is 1. The summed E-state index contributed by atoms with van der Waals surface area (Å²) < 4.78 is 42.5. The van der Waals surface area contributed by atoms with Crippen LogP contribution in [0.15, 0.2) is 46.4 Å². The van der Waals surface area contributed by atoms with Crippen molar-refractivity contribution >= 4 is 27.6 Å². The highest BCUT2D eigenvalue weighted by Gasteiger charge is 2.28. The number of ether oxygens (including phenoxy) is 3. The molecule has 1 heterocycles. The van der Waals surface area contributed by atoms with Gasteiger partial charge in [-0.1, -0.05) is 6.07 Å². The fraction of sp³-hybridized carbons (Fsp3) is 0.316. The van der Waals surface area contributed by atoms with Gasteiger partial charge in [0.25, 0.3) is 5.69 Å². The zero-order valence-electron chi connectivity index (χ0n) is 17.0. The van der Waals surface area contributed by atoms with E-state index in [1.807, 2.05) is 0 Å². The van der Waals surface area contributed by atoms with Gasteiger partial charge in [0.05, 0.1) is 43.5 Å². The summed E-state index contributed by atoms with van der Waals surface area (Å²) in [5.41, 5.74) is 2.81. The molecule has 2 aromatic carbocycles. The van der Waals surface area contributed by atoms with Gasteiger partial charge in [0.1, 0.15) is 5.69 Å². The van der Waals surface area contributed by atoms with Crippen LogP contribution in [0.1, 0.15) is 5.56 Å². The summed E-state index contributed by atoms with van der Waals surface area (Å²) in [6.45, 7) is 0.957. The number of rotatable bonds is 8. The average molecular weight is 450 g/mol. The number of nitrogens with zero attached hydrogens (tertiary/aromatic N) is 3. The smallest absolute Gasteiger partial charge is 0.295 e. The van der Waals surface area contributed by atoms with Crippen molar-refractivity contribution in [2.75, 3.05) is 45.9 Å². The molecule has 0 amide bonds. The lowest BCUT2D eigenvalue weighted by atomic mass is 10.2. The van der Waals surface area contributed by atoms with Crippen LogP contribution in [0.25, 0.3) is 0 Å². The van der Waals surface area contributed by atoms with E-state index in [-0.39, 0.29) is 36.9 Å². The zero-order valence-corrected chi connectivity index (χ0v) is 17.8. The number of methoxy groups -OCH3 is 2. The second-order valence-electron chi connectivity index (χ2n) is 6.41. The van der Waals surface area contributed by atoms with Crippen molar-refractivity contribution in [1.29, 1.82) is 0 Å². The highest BCUT2D eigenvalue weighted by molar-refractivity contribution is 7.89. The van der Waals surface area contributed by atoms with Crippen LogP contribution in [0.4, 0.5) is 11.4 Å². The number of benzene rings is 2. The Morgan fingerprint density at radius 2 is 1.94 bits per heavy atom. The highest BCUT2D eigenvalue weighted by Crippen LogP contribution is 2.31. The van der Waals surface area contributed by atoms with Gasteiger partial charge in [-0.2, -0.15) is 9.41 Å². The van der Waals surface area contributed by atoms with Crippen molar-refractivity contribution in [2.45, 2.75) is 4.90 Å². The van der Waals surface area contributed by atoms with Crippen LogP contribution < -0.4 is 14.9 Å². The van der Waals surface area contributed by atoms with Crippen molar-refractivity contribution in [3.05, 3.63) is 52.1 Å². The fourth-order valence-electron chi connectivity index (χ4n) is 3.04. The van der Waals surface area contributed by atoms with E-state index in [2.05, 4.69) is 10.5 Å². The first kappa shape index (κ1) is 22.5. The van der Waals surface area contributed by atoms with Crippen LogP contribution in [-0.2, 0) is 14.8 Å². The Balaban J connectivity index is 1.86. The lowest BCUT2D eigenvalue weighted by molar-refractivity contribution is -0.384. The van der Waals surface area contributed by atoms with Crippen molar-refractivity contribution in [3.8, 4) is 11.5 Å². The molecule has 0 spiro atoms. The van der Waals surface area contributed by atoms with Crippen LogP contribution in [0.2, 0.25) is 0 Å². The summed E-state index contributed by atoms with van der Waals surface area (Å²) in [6, 6.07) is 8.85. The third-order valence-electron chi connectivity index (χ3n) is 4.60. The van der Waals surface area contributed by atoms with Gasteiger partial charge in [0, 0.05) is 24.7 Å². The molecule has 0 saturated carbocycles. The summed E-state index contributed by atoms with van der Waals surface area (Å²) in [5, 5.41) is 15.6. The molecule has 1 aliphatic rings. The Bertz CT molecular complexity index is 1080. The van der Waals surface area contributed by atoms with E-state index in [1.54, 1.807) is 18.2 Å². The van der Waals surface area contributed by atoms with E-state index < -0.39 is 20.6 Å². The van der Waals surface area contributed by atoms with E-state index in [0.29, 0.717) is 17.1 Å². The first-order chi connectivity index (χ1) is 14.9. The maximum Gasteiger partial charge on any atom is 0.295 e. The molecule has 1 saturated heterocycles. The molecular formula is C19H22N4O7S. The van der Waals surface area contributed by atoms with Gasteiger partial charge in [0.15, 0.2) is 11.5 Å². The molecule has 0 aliphatic carbocycles. The zero-order chi connectivity index (χ0) is 22.4. The number of nitro benzene ring substituents is 1. The predicted molar refractivity (Wildman–Crippen MR) is 113 cm³/mol.